The summed E-state index contributed by atoms with van der Waals surface area (Å²) in [7, 11) is 1.47. The second kappa shape index (κ2) is 8.92. The van der Waals surface area contributed by atoms with E-state index in [0.29, 0.717) is 16.3 Å². The van der Waals surface area contributed by atoms with Gasteiger partial charge in [-0.3, -0.25) is 9.59 Å². The average Bonchev–Trinajstić information content (AvgIpc) is 3.25. The Hall–Kier alpha value is -3.52. The number of methoxy groups -OCH3 is 1. The molecule has 0 spiro atoms. The number of para-hydroxylation sites is 1. The number of carbonyl (C=O) groups is 2. The van der Waals surface area contributed by atoms with Gasteiger partial charge >= 0.3 is 0 Å². The number of amides is 2. The summed E-state index contributed by atoms with van der Waals surface area (Å²) in [5, 5.41) is 8.29. The van der Waals surface area contributed by atoms with Gasteiger partial charge in [-0.25, -0.2) is 9.82 Å². The molecule has 3 rings (SSSR count). The number of carbonyl (C=O) groups excluding carboxylic acids is 2. The van der Waals surface area contributed by atoms with Crippen LogP contribution >= 0.6 is 11.3 Å². The molecule has 0 aliphatic rings. The topological polar surface area (TPSA) is 79.8 Å². The van der Waals surface area contributed by atoms with Crippen LogP contribution in [0.2, 0.25) is 0 Å². The van der Waals surface area contributed by atoms with Crippen molar-refractivity contribution in [2.45, 2.75) is 0 Å². The minimum atomic E-state index is -0.540. The van der Waals surface area contributed by atoms with Gasteiger partial charge in [-0.1, -0.05) is 18.2 Å². The molecule has 3 aromatic rings. The second-order valence-corrected chi connectivity index (χ2v) is 6.51. The van der Waals surface area contributed by atoms with Gasteiger partial charge in [0.15, 0.2) is 0 Å². The van der Waals surface area contributed by atoms with Crippen molar-refractivity contribution >= 4 is 35.1 Å². The first-order valence-corrected chi connectivity index (χ1v) is 9.07. The number of thiophene rings is 1. The molecular formula is C20H16FN3O3S. The van der Waals surface area contributed by atoms with E-state index in [-0.39, 0.29) is 17.0 Å². The molecule has 142 valence electrons. The lowest BCUT2D eigenvalue weighted by atomic mass is 10.1. The third-order valence-electron chi connectivity index (χ3n) is 3.74. The van der Waals surface area contributed by atoms with Crippen LogP contribution in [0.15, 0.2) is 65.1 Å². The van der Waals surface area contributed by atoms with Gasteiger partial charge < -0.3 is 10.1 Å². The number of hydrogen-bond donors (Lipinski definition) is 2. The normalized spacial score (nSPS) is 10.6. The lowest BCUT2D eigenvalue weighted by molar-refractivity contribution is 0.0956. The fraction of sp³-hybridized carbons (Fsp3) is 0.0500. The van der Waals surface area contributed by atoms with Crippen molar-refractivity contribution in [2.75, 3.05) is 12.4 Å². The Kier molecular flexibility index (Phi) is 6.13. The number of halogens is 1. The highest BCUT2D eigenvalue weighted by atomic mass is 32.1. The van der Waals surface area contributed by atoms with Crippen LogP contribution in [0, 0.1) is 5.82 Å². The minimum Gasteiger partial charge on any atom is -0.497 e. The first kappa shape index (κ1) is 19.2. The van der Waals surface area contributed by atoms with Crippen molar-refractivity contribution in [3.05, 3.63) is 81.8 Å². The van der Waals surface area contributed by atoms with Crippen LogP contribution < -0.4 is 15.5 Å². The first-order chi connectivity index (χ1) is 13.6. The van der Waals surface area contributed by atoms with Crippen molar-refractivity contribution < 1.29 is 18.7 Å². The van der Waals surface area contributed by atoms with E-state index >= 15 is 0 Å². The Bertz CT molecular complexity index is 1020. The van der Waals surface area contributed by atoms with Crippen LogP contribution in [-0.2, 0) is 0 Å². The number of anilines is 1. The molecule has 0 fully saturated rings. The summed E-state index contributed by atoms with van der Waals surface area (Å²) in [5.41, 5.74) is 3.08. The Labute approximate surface area is 164 Å². The molecule has 2 aromatic carbocycles. The molecule has 0 radical (unpaired) electrons. The summed E-state index contributed by atoms with van der Waals surface area (Å²) < 4.78 is 18.8. The van der Waals surface area contributed by atoms with Gasteiger partial charge in [0, 0.05) is 5.56 Å². The lowest BCUT2D eigenvalue weighted by Crippen LogP contribution is -2.21. The summed E-state index contributed by atoms with van der Waals surface area (Å²) in [6.45, 7) is 0. The van der Waals surface area contributed by atoms with Gasteiger partial charge in [0.25, 0.3) is 11.8 Å². The van der Waals surface area contributed by atoms with Gasteiger partial charge in [-0.15, -0.1) is 11.3 Å². The molecular weight excluding hydrogens is 381 g/mol. The summed E-state index contributed by atoms with van der Waals surface area (Å²) in [6.07, 6.45) is 1.18. The number of hydrazone groups is 1. The molecule has 6 nitrogen and oxygen atoms in total. The summed E-state index contributed by atoms with van der Waals surface area (Å²) in [5.74, 6) is -0.878. The number of ether oxygens (including phenoxy) is 1. The molecule has 8 heteroatoms. The van der Waals surface area contributed by atoms with E-state index in [1.807, 2.05) is 0 Å². The van der Waals surface area contributed by atoms with Crippen LogP contribution in [0.4, 0.5) is 10.1 Å². The Morgan fingerprint density at radius 3 is 2.68 bits per heavy atom. The standard InChI is InChI=1S/C20H16FN3O3S/c1-27-14-8-9-16(21)13(11-14)12-22-24-19(25)15-5-2-3-6-17(15)23-20(26)18-7-4-10-28-18/h2-12H,1H3,(H,23,26)(H,24,25)/b22-12+. The van der Waals surface area contributed by atoms with E-state index in [9.17, 15) is 14.0 Å². The van der Waals surface area contributed by atoms with E-state index in [0.717, 1.165) is 0 Å². The largest absolute Gasteiger partial charge is 0.497 e. The van der Waals surface area contributed by atoms with Gasteiger partial charge in [0.2, 0.25) is 0 Å². The minimum absolute atomic E-state index is 0.166. The van der Waals surface area contributed by atoms with Crippen LogP contribution in [0.5, 0.6) is 5.75 Å². The van der Waals surface area contributed by atoms with E-state index in [1.54, 1.807) is 41.8 Å². The van der Waals surface area contributed by atoms with Gasteiger partial charge in [0.05, 0.1) is 29.5 Å². The Balaban J connectivity index is 1.72. The van der Waals surface area contributed by atoms with Crippen molar-refractivity contribution in [1.29, 1.82) is 0 Å². The maximum absolute atomic E-state index is 13.8. The highest BCUT2D eigenvalue weighted by Gasteiger charge is 2.14. The van der Waals surface area contributed by atoms with Crippen molar-refractivity contribution in [3.8, 4) is 5.75 Å². The monoisotopic (exact) mass is 397 g/mol. The summed E-state index contributed by atoms with van der Waals surface area (Å²) in [6, 6.07) is 14.2. The molecule has 0 saturated carbocycles. The molecule has 0 bridgehead atoms. The number of nitrogens with zero attached hydrogens (tertiary/aromatic N) is 1. The first-order valence-electron chi connectivity index (χ1n) is 8.19. The quantitative estimate of drug-likeness (QED) is 0.489. The summed E-state index contributed by atoms with van der Waals surface area (Å²) in [4.78, 5) is 25.2. The number of benzene rings is 2. The molecule has 2 N–H and O–H groups in total. The molecule has 1 aromatic heterocycles. The zero-order chi connectivity index (χ0) is 19.9. The van der Waals surface area contributed by atoms with Gasteiger partial charge in [-0.2, -0.15) is 5.10 Å². The highest BCUT2D eigenvalue weighted by Crippen LogP contribution is 2.18. The van der Waals surface area contributed by atoms with Crippen molar-refractivity contribution in [2.24, 2.45) is 5.10 Å². The van der Waals surface area contributed by atoms with Gasteiger partial charge in [-0.05, 0) is 41.8 Å². The molecule has 28 heavy (non-hydrogen) atoms. The van der Waals surface area contributed by atoms with Crippen molar-refractivity contribution in [3.63, 3.8) is 0 Å². The van der Waals surface area contributed by atoms with Crippen LogP contribution in [0.3, 0.4) is 0 Å². The van der Waals surface area contributed by atoms with Crippen LogP contribution in [0.1, 0.15) is 25.6 Å². The predicted molar refractivity (Wildman–Crippen MR) is 107 cm³/mol. The Morgan fingerprint density at radius 1 is 1.11 bits per heavy atom. The number of hydrogen-bond acceptors (Lipinski definition) is 5. The second-order valence-electron chi connectivity index (χ2n) is 5.56. The number of rotatable bonds is 6. The zero-order valence-corrected chi connectivity index (χ0v) is 15.6. The molecule has 0 saturated heterocycles. The van der Waals surface area contributed by atoms with E-state index in [4.69, 9.17) is 4.74 Å². The molecule has 0 atom stereocenters. The molecule has 2 amide bonds. The highest BCUT2D eigenvalue weighted by molar-refractivity contribution is 7.12. The predicted octanol–water partition coefficient (Wildman–Crippen LogP) is 3.91. The Morgan fingerprint density at radius 2 is 1.93 bits per heavy atom. The molecule has 0 aliphatic heterocycles. The SMILES string of the molecule is COc1ccc(F)c(/C=N/NC(=O)c2ccccc2NC(=O)c2cccs2)c1. The van der Waals surface area contributed by atoms with Crippen molar-refractivity contribution in [1.82, 2.24) is 5.43 Å². The third kappa shape index (κ3) is 4.60. The van der Waals surface area contributed by atoms with E-state index in [2.05, 4.69) is 15.8 Å². The fourth-order valence-electron chi connectivity index (χ4n) is 2.35. The smallest absolute Gasteiger partial charge is 0.273 e. The lowest BCUT2D eigenvalue weighted by Gasteiger charge is -2.09. The maximum atomic E-state index is 13.8. The van der Waals surface area contributed by atoms with Crippen LogP contribution in [-0.4, -0.2) is 25.1 Å². The van der Waals surface area contributed by atoms with Crippen LogP contribution in [0.25, 0.3) is 0 Å². The molecule has 0 unspecified atom stereocenters. The fourth-order valence-corrected chi connectivity index (χ4v) is 2.97. The third-order valence-corrected chi connectivity index (χ3v) is 4.61. The zero-order valence-electron chi connectivity index (χ0n) is 14.8. The number of nitrogens with one attached hydrogen (secondary N) is 2. The maximum Gasteiger partial charge on any atom is 0.273 e. The van der Waals surface area contributed by atoms with E-state index < -0.39 is 11.7 Å². The molecule has 1 heterocycles. The average molecular weight is 397 g/mol. The molecule has 0 aliphatic carbocycles. The van der Waals surface area contributed by atoms with Gasteiger partial charge in [0.1, 0.15) is 11.6 Å². The van der Waals surface area contributed by atoms with E-state index in [1.165, 1.54) is 42.9 Å². The summed E-state index contributed by atoms with van der Waals surface area (Å²) >= 11 is 1.30.